The van der Waals surface area contributed by atoms with Crippen molar-refractivity contribution >= 4 is 17.2 Å². The number of aromatic nitrogens is 3. The van der Waals surface area contributed by atoms with Crippen LogP contribution in [0.15, 0.2) is 41.2 Å². The molecule has 1 aromatic carbocycles. The maximum absolute atomic E-state index is 13.8. The Hall–Kier alpha value is -2.87. The van der Waals surface area contributed by atoms with E-state index < -0.39 is 5.82 Å². The van der Waals surface area contributed by atoms with Gasteiger partial charge in [0.15, 0.2) is 11.6 Å². The van der Waals surface area contributed by atoms with E-state index in [4.69, 9.17) is 4.74 Å². The summed E-state index contributed by atoms with van der Waals surface area (Å²) in [6, 6.07) is 7.86. The van der Waals surface area contributed by atoms with Gasteiger partial charge in [0.2, 0.25) is 5.88 Å². The Balaban J connectivity index is 1.52. The van der Waals surface area contributed by atoms with Crippen molar-refractivity contribution in [3.8, 4) is 11.6 Å². The van der Waals surface area contributed by atoms with E-state index in [-0.39, 0.29) is 17.6 Å². The Morgan fingerprint density at radius 3 is 2.96 bits per heavy atom. The number of nitrogens with zero attached hydrogens (tertiary/aromatic N) is 4. The van der Waals surface area contributed by atoms with Gasteiger partial charge in [-0.25, -0.2) is 14.4 Å². The second-order valence-electron chi connectivity index (χ2n) is 6.35. The van der Waals surface area contributed by atoms with E-state index in [1.165, 1.54) is 17.4 Å². The Morgan fingerprint density at radius 2 is 2.19 bits per heavy atom. The van der Waals surface area contributed by atoms with Crippen molar-refractivity contribution in [2.75, 3.05) is 13.1 Å². The van der Waals surface area contributed by atoms with E-state index in [1.54, 1.807) is 40.1 Å². The number of hydrogen-bond acceptors (Lipinski definition) is 6. The van der Waals surface area contributed by atoms with Crippen molar-refractivity contribution in [3.05, 3.63) is 64.3 Å². The zero-order valence-electron chi connectivity index (χ0n) is 14.6. The fourth-order valence-corrected chi connectivity index (χ4v) is 3.60. The largest absolute Gasteiger partial charge is 0.436 e. The van der Waals surface area contributed by atoms with E-state index in [1.807, 2.05) is 6.92 Å². The summed E-state index contributed by atoms with van der Waals surface area (Å²) in [5.74, 6) is 0.510. The molecule has 1 aliphatic heterocycles. The molecule has 1 amide bonds. The lowest BCUT2D eigenvalue weighted by Crippen LogP contribution is -2.28. The lowest BCUT2D eigenvalue weighted by molar-refractivity contribution is 0.0785. The third kappa shape index (κ3) is 3.80. The number of rotatable bonds is 4. The van der Waals surface area contributed by atoms with Gasteiger partial charge < -0.3 is 9.64 Å². The van der Waals surface area contributed by atoms with Crippen LogP contribution in [0.25, 0.3) is 0 Å². The average Bonchev–Trinajstić information content (AvgIpc) is 3.35. The number of halogens is 1. The number of carbonyl (C=O) groups excluding carboxylic acids is 1. The Morgan fingerprint density at radius 1 is 1.33 bits per heavy atom. The molecular weight excluding hydrogens is 367 g/mol. The number of hydrogen-bond donors (Lipinski definition) is 0. The van der Waals surface area contributed by atoms with Crippen molar-refractivity contribution in [2.24, 2.45) is 0 Å². The molecule has 0 aliphatic carbocycles. The highest BCUT2D eigenvalue weighted by Gasteiger charge is 2.30. The maximum Gasteiger partial charge on any atom is 0.273 e. The quantitative estimate of drug-likeness (QED) is 0.684. The average molecular weight is 384 g/mol. The summed E-state index contributed by atoms with van der Waals surface area (Å²) in [6.45, 7) is 2.99. The van der Waals surface area contributed by atoms with E-state index >= 15 is 0 Å². The van der Waals surface area contributed by atoms with Crippen LogP contribution in [-0.2, 0) is 0 Å². The molecule has 138 valence electrons. The minimum Gasteiger partial charge on any atom is -0.436 e. The molecule has 27 heavy (non-hydrogen) atoms. The number of amides is 1. The van der Waals surface area contributed by atoms with Gasteiger partial charge in [-0.05, 0) is 25.5 Å². The second kappa shape index (κ2) is 7.40. The van der Waals surface area contributed by atoms with Crippen LogP contribution in [-0.4, -0.2) is 38.8 Å². The SMILES string of the molecule is Cc1cc(Oc2ccccc2F)nc([C@@H]2CCN(C(=O)c3cscn3)C2)n1. The summed E-state index contributed by atoms with van der Waals surface area (Å²) >= 11 is 1.40. The number of benzene rings is 1. The molecule has 3 heterocycles. The molecule has 0 unspecified atom stereocenters. The summed E-state index contributed by atoms with van der Waals surface area (Å²) in [5, 5.41) is 1.75. The Labute approximate surface area is 159 Å². The Kier molecular flexibility index (Phi) is 4.81. The molecule has 0 radical (unpaired) electrons. The highest BCUT2D eigenvalue weighted by molar-refractivity contribution is 7.07. The monoisotopic (exact) mass is 384 g/mol. The molecule has 0 bridgehead atoms. The molecule has 8 heteroatoms. The van der Waals surface area contributed by atoms with Crippen LogP contribution in [0, 0.1) is 12.7 Å². The smallest absolute Gasteiger partial charge is 0.273 e. The van der Waals surface area contributed by atoms with E-state index in [0.717, 1.165) is 12.1 Å². The zero-order chi connectivity index (χ0) is 18.8. The van der Waals surface area contributed by atoms with Crippen LogP contribution in [0.4, 0.5) is 4.39 Å². The first-order valence-corrected chi connectivity index (χ1v) is 9.50. The molecule has 1 fully saturated rings. The Bertz CT molecular complexity index is 964. The molecule has 3 aromatic rings. The molecular formula is C19H17FN4O2S. The molecule has 1 aliphatic rings. The third-order valence-electron chi connectivity index (χ3n) is 4.39. The van der Waals surface area contributed by atoms with Crippen LogP contribution in [0.5, 0.6) is 11.6 Å². The minimum absolute atomic E-state index is 0.00968. The first-order valence-electron chi connectivity index (χ1n) is 8.55. The predicted molar refractivity (Wildman–Crippen MR) is 98.6 cm³/mol. The summed E-state index contributed by atoms with van der Waals surface area (Å²) in [7, 11) is 0. The second-order valence-corrected chi connectivity index (χ2v) is 7.07. The molecule has 0 N–H and O–H groups in total. The summed E-state index contributed by atoms with van der Waals surface area (Å²) in [4.78, 5) is 27.3. The zero-order valence-corrected chi connectivity index (χ0v) is 15.4. The van der Waals surface area contributed by atoms with Crippen molar-refractivity contribution in [2.45, 2.75) is 19.3 Å². The molecule has 0 saturated carbocycles. The van der Waals surface area contributed by atoms with Gasteiger partial charge in [-0.2, -0.15) is 4.98 Å². The minimum atomic E-state index is -0.448. The van der Waals surface area contributed by atoms with Gasteiger partial charge in [0.25, 0.3) is 5.91 Å². The molecule has 0 spiro atoms. The van der Waals surface area contributed by atoms with Crippen LogP contribution in [0.2, 0.25) is 0 Å². The normalized spacial score (nSPS) is 16.5. The molecule has 1 saturated heterocycles. The number of aryl methyl sites for hydroxylation is 1. The number of thiazole rings is 1. The third-order valence-corrected chi connectivity index (χ3v) is 4.98. The number of ether oxygens (including phenoxy) is 1. The van der Waals surface area contributed by atoms with Crippen LogP contribution < -0.4 is 4.74 Å². The number of likely N-dealkylation sites (tertiary alicyclic amines) is 1. The van der Waals surface area contributed by atoms with Crippen LogP contribution in [0.1, 0.15) is 34.3 Å². The maximum atomic E-state index is 13.8. The van der Waals surface area contributed by atoms with E-state index in [0.29, 0.717) is 30.5 Å². The number of carbonyl (C=O) groups is 1. The van der Waals surface area contributed by atoms with E-state index in [2.05, 4.69) is 15.0 Å². The van der Waals surface area contributed by atoms with E-state index in [9.17, 15) is 9.18 Å². The summed E-state index contributed by atoms with van der Waals surface area (Å²) in [5.41, 5.74) is 2.85. The lowest BCUT2D eigenvalue weighted by Gasteiger charge is -2.15. The molecule has 1 atom stereocenters. The van der Waals surface area contributed by atoms with Gasteiger partial charge in [-0.15, -0.1) is 11.3 Å². The van der Waals surface area contributed by atoms with Crippen LogP contribution >= 0.6 is 11.3 Å². The molecule has 6 nitrogen and oxygen atoms in total. The highest BCUT2D eigenvalue weighted by atomic mass is 32.1. The topological polar surface area (TPSA) is 68.2 Å². The number of para-hydroxylation sites is 1. The predicted octanol–water partition coefficient (Wildman–Crippen LogP) is 3.80. The summed E-state index contributed by atoms with van der Waals surface area (Å²) in [6.07, 6.45) is 0.762. The van der Waals surface area contributed by atoms with Crippen molar-refractivity contribution in [1.29, 1.82) is 0 Å². The van der Waals surface area contributed by atoms with Gasteiger partial charge in [-0.3, -0.25) is 4.79 Å². The van der Waals surface area contributed by atoms with Gasteiger partial charge in [0.1, 0.15) is 11.5 Å². The van der Waals surface area contributed by atoms with Gasteiger partial charge >= 0.3 is 0 Å². The first kappa shape index (κ1) is 17.5. The van der Waals surface area contributed by atoms with Crippen molar-refractivity contribution in [1.82, 2.24) is 19.9 Å². The molecule has 2 aromatic heterocycles. The highest BCUT2D eigenvalue weighted by Crippen LogP contribution is 2.29. The summed E-state index contributed by atoms with van der Waals surface area (Å²) < 4.78 is 19.4. The van der Waals surface area contributed by atoms with Crippen molar-refractivity contribution in [3.63, 3.8) is 0 Å². The first-order chi connectivity index (χ1) is 13.1. The van der Waals surface area contributed by atoms with Gasteiger partial charge in [0, 0.05) is 36.1 Å². The molecule has 4 rings (SSSR count). The van der Waals surface area contributed by atoms with Gasteiger partial charge in [-0.1, -0.05) is 12.1 Å². The van der Waals surface area contributed by atoms with Crippen LogP contribution in [0.3, 0.4) is 0 Å². The van der Waals surface area contributed by atoms with Crippen molar-refractivity contribution < 1.29 is 13.9 Å². The standard InChI is InChI=1S/C19H17FN4O2S/c1-12-8-17(26-16-5-3-2-4-14(16)20)23-18(22-12)13-6-7-24(9-13)19(25)15-10-27-11-21-15/h2-5,8,10-11,13H,6-7,9H2,1H3/t13-/m1/s1. The fraction of sp³-hybridized carbons (Fsp3) is 0.263. The van der Waals surface area contributed by atoms with Gasteiger partial charge in [0.05, 0.1) is 5.51 Å². The fourth-order valence-electron chi connectivity index (χ4n) is 3.07. The lowest BCUT2D eigenvalue weighted by atomic mass is 10.1.